The number of aromatic nitrogens is 2. The minimum absolute atomic E-state index is 0.114. The van der Waals surface area contributed by atoms with Crippen molar-refractivity contribution < 1.29 is 4.79 Å². The molecule has 3 aromatic carbocycles. The molecule has 140 valence electrons. The third-order valence-electron chi connectivity index (χ3n) is 4.54. The molecule has 0 aliphatic carbocycles. The van der Waals surface area contributed by atoms with Crippen LogP contribution in [0.15, 0.2) is 70.6 Å². The molecule has 4 aromatic rings. The summed E-state index contributed by atoms with van der Waals surface area (Å²) < 4.78 is 1.50. The number of carbonyl (C=O) groups is 1. The fourth-order valence-electron chi connectivity index (χ4n) is 3.12. The van der Waals surface area contributed by atoms with Crippen LogP contribution in [0, 0.1) is 6.92 Å². The average molecular weight is 389 g/mol. The highest BCUT2D eigenvalue weighted by Crippen LogP contribution is 2.22. The number of amides is 1. The molecule has 0 fully saturated rings. The summed E-state index contributed by atoms with van der Waals surface area (Å²) in [6, 6.07) is 19.3. The molecule has 0 radical (unpaired) electrons. The SMILES string of the molecule is Cc1cccc(NC(=O)CSc2nc3cc4ccccc4cc3c(=O)n2C)c1. The molecule has 0 saturated carbocycles. The lowest BCUT2D eigenvalue weighted by molar-refractivity contribution is -0.113. The van der Waals surface area contributed by atoms with E-state index in [0.29, 0.717) is 16.1 Å². The first kappa shape index (κ1) is 18.3. The number of anilines is 1. The van der Waals surface area contributed by atoms with Crippen LogP contribution in [0.5, 0.6) is 0 Å². The lowest BCUT2D eigenvalue weighted by Gasteiger charge is -2.10. The van der Waals surface area contributed by atoms with Crippen molar-refractivity contribution in [3.8, 4) is 0 Å². The van der Waals surface area contributed by atoms with Gasteiger partial charge in [0.05, 0.1) is 16.7 Å². The van der Waals surface area contributed by atoms with Gasteiger partial charge in [0, 0.05) is 12.7 Å². The average Bonchev–Trinajstić information content (AvgIpc) is 2.68. The van der Waals surface area contributed by atoms with Crippen molar-refractivity contribution >= 4 is 45.0 Å². The highest BCUT2D eigenvalue weighted by atomic mass is 32.2. The lowest BCUT2D eigenvalue weighted by Crippen LogP contribution is -2.21. The van der Waals surface area contributed by atoms with Gasteiger partial charge in [-0.05, 0) is 47.5 Å². The first-order valence-electron chi connectivity index (χ1n) is 8.90. The Balaban J connectivity index is 1.59. The topological polar surface area (TPSA) is 64.0 Å². The maximum atomic E-state index is 12.8. The molecule has 0 atom stereocenters. The van der Waals surface area contributed by atoms with E-state index in [9.17, 15) is 9.59 Å². The highest BCUT2D eigenvalue weighted by Gasteiger charge is 2.12. The number of nitrogens with zero attached hydrogens (tertiary/aromatic N) is 2. The van der Waals surface area contributed by atoms with Crippen LogP contribution < -0.4 is 10.9 Å². The summed E-state index contributed by atoms with van der Waals surface area (Å²) in [7, 11) is 1.69. The van der Waals surface area contributed by atoms with E-state index in [1.807, 2.05) is 67.6 Å². The van der Waals surface area contributed by atoms with Gasteiger partial charge in [-0.2, -0.15) is 0 Å². The number of hydrogen-bond donors (Lipinski definition) is 1. The first-order valence-corrected chi connectivity index (χ1v) is 9.89. The third kappa shape index (κ3) is 3.64. The Kier molecular flexibility index (Phi) is 4.88. The van der Waals surface area contributed by atoms with Crippen LogP contribution in [0.3, 0.4) is 0 Å². The van der Waals surface area contributed by atoms with Gasteiger partial charge >= 0.3 is 0 Å². The minimum atomic E-state index is -0.136. The normalized spacial score (nSPS) is 11.1. The largest absolute Gasteiger partial charge is 0.325 e. The molecule has 0 unspecified atom stereocenters. The predicted octanol–water partition coefficient (Wildman–Crippen LogP) is 4.13. The number of benzene rings is 3. The van der Waals surface area contributed by atoms with Crippen LogP contribution in [0.4, 0.5) is 5.69 Å². The molecule has 0 aliphatic rings. The van der Waals surface area contributed by atoms with E-state index in [4.69, 9.17) is 0 Å². The molecular formula is C22H19N3O2S. The maximum Gasteiger partial charge on any atom is 0.261 e. The molecule has 6 heteroatoms. The highest BCUT2D eigenvalue weighted by molar-refractivity contribution is 7.99. The molecule has 1 aromatic heterocycles. The van der Waals surface area contributed by atoms with Crippen molar-refractivity contribution in [2.75, 3.05) is 11.1 Å². The zero-order valence-corrected chi connectivity index (χ0v) is 16.4. The lowest BCUT2D eigenvalue weighted by atomic mass is 10.1. The van der Waals surface area contributed by atoms with Crippen molar-refractivity contribution in [3.63, 3.8) is 0 Å². The Morgan fingerprint density at radius 3 is 2.57 bits per heavy atom. The van der Waals surface area contributed by atoms with Gasteiger partial charge in [0.25, 0.3) is 5.56 Å². The van der Waals surface area contributed by atoms with Gasteiger partial charge in [0.15, 0.2) is 5.16 Å². The van der Waals surface area contributed by atoms with Crippen molar-refractivity contribution in [1.29, 1.82) is 0 Å². The molecule has 0 aliphatic heterocycles. The second kappa shape index (κ2) is 7.48. The minimum Gasteiger partial charge on any atom is -0.325 e. The molecule has 4 rings (SSSR count). The molecule has 1 N–H and O–H groups in total. The van der Waals surface area contributed by atoms with Crippen molar-refractivity contribution in [2.24, 2.45) is 7.05 Å². The van der Waals surface area contributed by atoms with Crippen LogP contribution in [0.1, 0.15) is 5.56 Å². The van der Waals surface area contributed by atoms with Gasteiger partial charge in [-0.3, -0.25) is 14.2 Å². The van der Waals surface area contributed by atoms with E-state index >= 15 is 0 Å². The Morgan fingerprint density at radius 1 is 1.07 bits per heavy atom. The first-order chi connectivity index (χ1) is 13.5. The summed E-state index contributed by atoms with van der Waals surface area (Å²) in [5.41, 5.74) is 2.37. The summed E-state index contributed by atoms with van der Waals surface area (Å²) in [5.74, 6) is 0.0382. The molecule has 0 spiro atoms. The smallest absolute Gasteiger partial charge is 0.261 e. The van der Waals surface area contributed by atoms with Crippen molar-refractivity contribution in [1.82, 2.24) is 9.55 Å². The molecule has 5 nitrogen and oxygen atoms in total. The van der Waals surface area contributed by atoms with Crippen LogP contribution in [0.25, 0.3) is 21.7 Å². The zero-order valence-electron chi connectivity index (χ0n) is 15.6. The van der Waals surface area contributed by atoms with E-state index in [2.05, 4.69) is 10.3 Å². The monoisotopic (exact) mass is 389 g/mol. The predicted molar refractivity (Wildman–Crippen MR) is 115 cm³/mol. The molecule has 28 heavy (non-hydrogen) atoms. The summed E-state index contributed by atoms with van der Waals surface area (Å²) in [6.45, 7) is 1.98. The Hall–Kier alpha value is -3.12. The fourth-order valence-corrected chi connectivity index (χ4v) is 3.89. The van der Waals surface area contributed by atoms with Gasteiger partial charge < -0.3 is 5.32 Å². The molecular weight excluding hydrogens is 370 g/mol. The van der Waals surface area contributed by atoms with Crippen LogP contribution in [-0.2, 0) is 11.8 Å². The molecule has 1 heterocycles. The number of aryl methyl sites for hydroxylation is 1. The van der Waals surface area contributed by atoms with E-state index in [1.54, 1.807) is 7.05 Å². The van der Waals surface area contributed by atoms with Crippen molar-refractivity contribution in [2.45, 2.75) is 12.1 Å². The Bertz CT molecular complexity index is 1260. The third-order valence-corrected chi connectivity index (χ3v) is 5.57. The van der Waals surface area contributed by atoms with Gasteiger partial charge in [0.2, 0.25) is 5.91 Å². The van der Waals surface area contributed by atoms with Crippen LogP contribution in [-0.4, -0.2) is 21.2 Å². The Labute approximate surface area is 166 Å². The standard InChI is InChI=1S/C22H19N3O2S/c1-14-6-5-9-17(10-14)23-20(26)13-28-22-24-19-12-16-8-4-3-7-15(16)11-18(19)21(27)25(22)2/h3-12H,13H2,1-2H3,(H,23,26). The molecule has 0 saturated heterocycles. The van der Waals surface area contributed by atoms with E-state index < -0.39 is 0 Å². The van der Waals surface area contributed by atoms with Crippen LogP contribution >= 0.6 is 11.8 Å². The van der Waals surface area contributed by atoms with E-state index in [0.717, 1.165) is 22.0 Å². The molecule has 1 amide bonds. The van der Waals surface area contributed by atoms with Gasteiger partial charge in [-0.25, -0.2) is 4.98 Å². The Morgan fingerprint density at radius 2 is 1.82 bits per heavy atom. The van der Waals surface area contributed by atoms with Gasteiger partial charge in [-0.1, -0.05) is 48.2 Å². The maximum absolute atomic E-state index is 12.8. The quantitative estimate of drug-likeness (QED) is 0.324. The number of nitrogens with one attached hydrogen (secondary N) is 1. The number of hydrogen-bond acceptors (Lipinski definition) is 4. The van der Waals surface area contributed by atoms with E-state index in [1.165, 1.54) is 16.3 Å². The second-order valence-corrected chi connectivity index (χ2v) is 7.62. The summed E-state index contributed by atoms with van der Waals surface area (Å²) >= 11 is 1.25. The van der Waals surface area contributed by atoms with E-state index in [-0.39, 0.29) is 17.2 Å². The van der Waals surface area contributed by atoms with Gasteiger partial charge in [-0.15, -0.1) is 0 Å². The van der Waals surface area contributed by atoms with Gasteiger partial charge in [0.1, 0.15) is 0 Å². The van der Waals surface area contributed by atoms with Crippen LogP contribution in [0.2, 0.25) is 0 Å². The number of carbonyl (C=O) groups excluding carboxylic acids is 1. The number of fused-ring (bicyclic) bond motifs is 2. The summed E-state index contributed by atoms with van der Waals surface area (Å²) in [4.78, 5) is 29.7. The summed E-state index contributed by atoms with van der Waals surface area (Å²) in [6.07, 6.45) is 0. The fraction of sp³-hybridized carbons (Fsp3) is 0.136. The second-order valence-electron chi connectivity index (χ2n) is 6.68. The number of thioether (sulfide) groups is 1. The summed E-state index contributed by atoms with van der Waals surface area (Å²) in [5, 5.41) is 6.01. The van der Waals surface area contributed by atoms with Crippen molar-refractivity contribution in [3.05, 3.63) is 76.6 Å². The number of rotatable bonds is 4. The molecule has 0 bridgehead atoms. The zero-order chi connectivity index (χ0) is 19.7.